The van der Waals surface area contributed by atoms with Crippen molar-refractivity contribution in [1.82, 2.24) is 0 Å². The van der Waals surface area contributed by atoms with Gasteiger partial charge in [-0.05, 0) is 23.1 Å². The molecule has 1 nitrogen and oxygen atoms in total. The normalized spacial score (nSPS) is 27.9. The van der Waals surface area contributed by atoms with Crippen molar-refractivity contribution in [3.05, 3.63) is 35.1 Å². The van der Waals surface area contributed by atoms with Crippen molar-refractivity contribution in [1.29, 1.82) is 0 Å². The second-order valence-corrected chi connectivity index (χ2v) is 4.62. The third-order valence-corrected chi connectivity index (χ3v) is 3.28. The van der Waals surface area contributed by atoms with Crippen molar-refractivity contribution >= 4 is 0 Å². The second kappa shape index (κ2) is 2.98. The van der Waals surface area contributed by atoms with E-state index in [1.165, 1.54) is 0 Å². The van der Waals surface area contributed by atoms with E-state index in [0.717, 1.165) is 12.1 Å². The van der Waals surface area contributed by atoms with E-state index in [9.17, 15) is 13.2 Å². The van der Waals surface area contributed by atoms with E-state index in [4.69, 9.17) is 5.73 Å². The minimum Gasteiger partial charge on any atom is -0.327 e. The van der Waals surface area contributed by atoms with Crippen molar-refractivity contribution < 1.29 is 13.2 Å². The predicted molar refractivity (Wildman–Crippen MR) is 50.8 cm³/mol. The van der Waals surface area contributed by atoms with Gasteiger partial charge < -0.3 is 5.73 Å². The van der Waals surface area contributed by atoms with E-state index >= 15 is 0 Å². The average Bonchev–Trinajstić information content (AvgIpc) is 2.61. The van der Waals surface area contributed by atoms with Gasteiger partial charge in [-0.25, -0.2) is 13.2 Å². The second-order valence-electron chi connectivity index (χ2n) is 4.62. The molecule has 1 aromatic carbocycles. The Kier molecular flexibility index (Phi) is 2.08. The van der Waals surface area contributed by atoms with E-state index in [1.807, 2.05) is 13.8 Å². The van der Waals surface area contributed by atoms with Crippen molar-refractivity contribution in [3.63, 3.8) is 0 Å². The first-order valence-corrected chi connectivity index (χ1v) is 4.75. The molecule has 4 heteroatoms. The Morgan fingerprint density at radius 2 is 1.53 bits per heavy atom. The summed E-state index contributed by atoms with van der Waals surface area (Å²) in [7, 11) is 0. The van der Waals surface area contributed by atoms with Gasteiger partial charge in [0.2, 0.25) is 0 Å². The molecule has 2 N–H and O–H groups in total. The highest BCUT2D eigenvalue weighted by Gasteiger charge is 2.56. The van der Waals surface area contributed by atoms with Crippen LogP contribution in [0.1, 0.15) is 25.3 Å². The average molecular weight is 215 g/mol. The first-order valence-electron chi connectivity index (χ1n) is 4.75. The molecule has 2 rings (SSSR count). The van der Waals surface area contributed by atoms with E-state index in [-0.39, 0.29) is 17.4 Å². The lowest BCUT2D eigenvalue weighted by molar-refractivity contribution is 0.444. The van der Waals surface area contributed by atoms with Crippen LogP contribution in [0.3, 0.4) is 0 Å². The number of hydrogen-bond donors (Lipinski definition) is 1. The molecule has 0 spiro atoms. The molecular formula is C11H12F3N. The van der Waals surface area contributed by atoms with E-state index in [1.54, 1.807) is 0 Å². The number of benzene rings is 1. The Hall–Kier alpha value is -1.03. The SMILES string of the molecule is CC1(C)[C@@H](N)[C@@H]1c1cc(F)c(F)c(F)c1. The van der Waals surface area contributed by atoms with Crippen LogP contribution in [0.4, 0.5) is 13.2 Å². The maximum Gasteiger partial charge on any atom is 0.194 e. The van der Waals surface area contributed by atoms with Crippen LogP contribution >= 0.6 is 0 Å². The van der Waals surface area contributed by atoms with Gasteiger partial charge in [0.05, 0.1) is 0 Å². The molecule has 1 aliphatic rings. The lowest BCUT2D eigenvalue weighted by atomic mass is 10.0. The zero-order chi connectivity index (χ0) is 11.4. The molecule has 0 aliphatic heterocycles. The minimum atomic E-state index is -1.43. The minimum absolute atomic E-state index is 0.0953. The van der Waals surface area contributed by atoms with E-state index in [0.29, 0.717) is 5.56 Å². The Balaban J connectivity index is 2.40. The quantitative estimate of drug-likeness (QED) is 0.716. The summed E-state index contributed by atoms with van der Waals surface area (Å²) in [4.78, 5) is 0. The van der Waals surface area contributed by atoms with Gasteiger partial charge in [-0.1, -0.05) is 13.8 Å². The summed E-state index contributed by atoms with van der Waals surface area (Å²) in [6.07, 6.45) is 0. The standard InChI is InChI=1S/C11H12F3N/c1-11(2)8(10(11)15)5-3-6(12)9(14)7(13)4-5/h3-4,8,10H,15H2,1-2H3/t8-,10-/m0/s1. The van der Waals surface area contributed by atoms with Gasteiger partial charge in [0.25, 0.3) is 0 Å². The first-order chi connectivity index (χ1) is 6.85. The van der Waals surface area contributed by atoms with Gasteiger partial charge in [0, 0.05) is 12.0 Å². The Morgan fingerprint density at radius 3 is 1.87 bits per heavy atom. The maximum atomic E-state index is 13.0. The lowest BCUT2D eigenvalue weighted by Gasteiger charge is -2.04. The summed E-state index contributed by atoms with van der Waals surface area (Å²) < 4.78 is 38.6. The van der Waals surface area contributed by atoms with Crippen LogP contribution < -0.4 is 5.73 Å². The van der Waals surface area contributed by atoms with Crippen LogP contribution in [-0.4, -0.2) is 6.04 Å². The summed E-state index contributed by atoms with van der Waals surface area (Å²) in [6.45, 7) is 3.84. The third kappa shape index (κ3) is 1.44. The maximum absolute atomic E-state index is 13.0. The molecule has 0 unspecified atom stereocenters. The van der Waals surface area contributed by atoms with Crippen LogP contribution in [0.5, 0.6) is 0 Å². The van der Waals surface area contributed by atoms with E-state index < -0.39 is 17.5 Å². The van der Waals surface area contributed by atoms with Crippen LogP contribution in [0, 0.1) is 22.9 Å². The molecule has 0 aromatic heterocycles. The summed E-state index contributed by atoms with van der Waals surface area (Å²) in [5, 5.41) is 0. The zero-order valence-corrected chi connectivity index (χ0v) is 8.52. The summed E-state index contributed by atoms with van der Waals surface area (Å²) >= 11 is 0. The van der Waals surface area contributed by atoms with Crippen LogP contribution in [0.25, 0.3) is 0 Å². The Labute approximate surface area is 86.1 Å². The van der Waals surface area contributed by atoms with Gasteiger partial charge in [-0.3, -0.25) is 0 Å². The van der Waals surface area contributed by atoms with Gasteiger partial charge >= 0.3 is 0 Å². The highest BCUT2D eigenvalue weighted by molar-refractivity contribution is 5.35. The molecule has 0 radical (unpaired) electrons. The molecule has 0 bridgehead atoms. The third-order valence-electron chi connectivity index (χ3n) is 3.28. The van der Waals surface area contributed by atoms with Crippen molar-refractivity contribution in [2.24, 2.45) is 11.1 Å². The summed E-state index contributed by atoms with van der Waals surface area (Å²) in [5.74, 6) is -3.83. The zero-order valence-electron chi connectivity index (χ0n) is 8.52. The fourth-order valence-electron chi connectivity index (χ4n) is 2.07. The molecule has 2 atom stereocenters. The molecule has 1 fully saturated rings. The van der Waals surface area contributed by atoms with Crippen molar-refractivity contribution in [2.75, 3.05) is 0 Å². The first kappa shape index (κ1) is 10.5. The molecule has 82 valence electrons. The number of rotatable bonds is 1. The van der Waals surface area contributed by atoms with E-state index in [2.05, 4.69) is 0 Å². The van der Waals surface area contributed by atoms with Crippen LogP contribution in [0.2, 0.25) is 0 Å². The molecule has 0 heterocycles. The predicted octanol–water partition coefficient (Wildman–Crippen LogP) is 2.55. The fraction of sp³-hybridized carbons (Fsp3) is 0.455. The fourth-order valence-corrected chi connectivity index (χ4v) is 2.07. The Bertz CT molecular complexity index is 391. The monoisotopic (exact) mass is 215 g/mol. The molecule has 0 amide bonds. The number of halogens is 3. The summed E-state index contributed by atoms with van der Waals surface area (Å²) in [6, 6.07) is 1.93. The highest BCUT2D eigenvalue weighted by Crippen LogP contribution is 2.57. The van der Waals surface area contributed by atoms with Crippen LogP contribution in [-0.2, 0) is 0 Å². The van der Waals surface area contributed by atoms with Crippen molar-refractivity contribution in [2.45, 2.75) is 25.8 Å². The topological polar surface area (TPSA) is 26.0 Å². The molecule has 1 aliphatic carbocycles. The number of hydrogen-bond acceptors (Lipinski definition) is 1. The molecule has 0 saturated heterocycles. The van der Waals surface area contributed by atoms with Crippen LogP contribution in [0.15, 0.2) is 12.1 Å². The van der Waals surface area contributed by atoms with Gasteiger partial charge in [-0.15, -0.1) is 0 Å². The van der Waals surface area contributed by atoms with Crippen molar-refractivity contribution in [3.8, 4) is 0 Å². The molecular weight excluding hydrogens is 203 g/mol. The lowest BCUT2D eigenvalue weighted by Crippen LogP contribution is -2.06. The molecule has 15 heavy (non-hydrogen) atoms. The highest BCUT2D eigenvalue weighted by atomic mass is 19.2. The molecule has 1 aromatic rings. The largest absolute Gasteiger partial charge is 0.327 e. The van der Waals surface area contributed by atoms with Gasteiger partial charge in [0.1, 0.15) is 0 Å². The van der Waals surface area contributed by atoms with Gasteiger partial charge in [-0.2, -0.15) is 0 Å². The molecule has 1 saturated carbocycles. The smallest absolute Gasteiger partial charge is 0.194 e. The van der Waals surface area contributed by atoms with Gasteiger partial charge in [0.15, 0.2) is 17.5 Å². The number of nitrogens with two attached hydrogens (primary N) is 1. The summed E-state index contributed by atoms with van der Waals surface area (Å²) in [5.41, 5.74) is 6.04. The Morgan fingerprint density at radius 1 is 1.13 bits per heavy atom.